The smallest absolute Gasteiger partial charge is 0.387 e. The van der Waals surface area contributed by atoms with Gasteiger partial charge in [0.05, 0.1) is 11.2 Å². The summed E-state index contributed by atoms with van der Waals surface area (Å²) in [6, 6.07) is 4.43. The molecule has 1 fully saturated rings. The molecule has 0 saturated carbocycles. The molecule has 3 aromatic heterocycles. The van der Waals surface area contributed by atoms with E-state index in [0.717, 1.165) is 11.5 Å². The zero-order valence-corrected chi connectivity index (χ0v) is 19.0. The summed E-state index contributed by atoms with van der Waals surface area (Å²) in [5.74, 6) is 1.64. The molecule has 11 heteroatoms. The first-order valence-corrected chi connectivity index (χ1v) is 11.4. The predicted octanol–water partition coefficient (Wildman–Crippen LogP) is 3.21. The number of ether oxygens (including phenoxy) is 1. The molecule has 3 aromatic rings. The molecule has 4 rings (SSSR count). The Labute approximate surface area is 186 Å². The van der Waals surface area contributed by atoms with E-state index < -0.39 is 17.4 Å². The van der Waals surface area contributed by atoms with E-state index in [2.05, 4.69) is 32.0 Å². The van der Waals surface area contributed by atoms with Gasteiger partial charge in [-0.1, -0.05) is 0 Å². The summed E-state index contributed by atoms with van der Waals surface area (Å²) < 4.78 is 41.5. The summed E-state index contributed by atoms with van der Waals surface area (Å²) in [5, 5.41) is 7.60. The summed E-state index contributed by atoms with van der Waals surface area (Å²) in [4.78, 5) is 19.4. The number of fused-ring (bicyclic) bond motifs is 1. The van der Waals surface area contributed by atoms with Crippen LogP contribution in [0.1, 0.15) is 37.2 Å². The van der Waals surface area contributed by atoms with Crippen molar-refractivity contribution < 1.29 is 22.5 Å². The van der Waals surface area contributed by atoms with E-state index in [1.807, 2.05) is 20.9 Å². The Morgan fingerprint density at radius 2 is 2.00 bits per heavy atom. The SMILES string of the molecule is CC(C)n1nc(-c2cc(OC(F)F)ccn2)c2ncc(C=O)cc21.CNC1(C)CS(=O)C1. The van der Waals surface area contributed by atoms with Gasteiger partial charge in [0.25, 0.3) is 0 Å². The van der Waals surface area contributed by atoms with Crippen LogP contribution in [0.15, 0.2) is 30.6 Å². The number of pyridine rings is 2. The minimum atomic E-state index is -2.92. The van der Waals surface area contributed by atoms with Crippen LogP contribution in [0.2, 0.25) is 0 Å². The first kappa shape index (κ1) is 23.9. The number of carbonyl (C=O) groups excluding carboxylic acids is 1. The van der Waals surface area contributed by atoms with Crippen LogP contribution >= 0.6 is 0 Å². The molecular weight excluding hydrogens is 440 g/mol. The van der Waals surface area contributed by atoms with Crippen molar-refractivity contribution in [2.24, 2.45) is 0 Å². The molecule has 1 aliphatic heterocycles. The van der Waals surface area contributed by atoms with Crippen LogP contribution in [0.4, 0.5) is 8.78 Å². The third kappa shape index (κ3) is 5.33. The minimum absolute atomic E-state index is 0.00763. The van der Waals surface area contributed by atoms with Crippen molar-refractivity contribution in [3.8, 4) is 17.1 Å². The molecule has 0 atom stereocenters. The lowest BCUT2D eigenvalue weighted by Crippen LogP contribution is -2.58. The lowest BCUT2D eigenvalue weighted by molar-refractivity contribution is -0.0498. The van der Waals surface area contributed by atoms with Crippen LogP contribution in [0, 0.1) is 0 Å². The lowest BCUT2D eigenvalue weighted by atomic mass is 10.1. The zero-order chi connectivity index (χ0) is 23.5. The van der Waals surface area contributed by atoms with Gasteiger partial charge >= 0.3 is 6.61 Å². The second kappa shape index (κ2) is 9.78. The largest absolute Gasteiger partial charge is 0.435 e. The van der Waals surface area contributed by atoms with Gasteiger partial charge in [-0.3, -0.25) is 23.7 Å². The number of aromatic nitrogens is 4. The second-order valence-electron chi connectivity index (χ2n) is 7.94. The van der Waals surface area contributed by atoms with E-state index in [9.17, 15) is 17.8 Å². The first-order chi connectivity index (χ1) is 15.2. The fraction of sp³-hybridized carbons (Fsp3) is 0.429. The molecular formula is C21H25F2N5O3S. The number of carbonyl (C=O) groups is 1. The van der Waals surface area contributed by atoms with Crippen LogP contribution in [-0.4, -0.2) is 60.9 Å². The number of hydrogen-bond acceptors (Lipinski definition) is 7. The molecule has 0 spiro atoms. The standard InChI is InChI=1S/C16H14F2N4O2.C5H11NOS/c1-9(2)22-13-5-10(8-23)7-20-15(13)14(21-22)12-6-11(3-4-19-12)24-16(17)18;1-5(6-2)3-8(7)4-5/h3-9,16H,1-2H3;6H,3-4H2,1-2H3. The van der Waals surface area contributed by atoms with Crippen LogP contribution in [0.5, 0.6) is 5.75 Å². The first-order valence-electron chi connectivity index (χ1n) is 9.94. The average Bonchev–Trinajstić information content (AvgIpc) is 3.12. The highest BCUT2D eigenvalue weighted by Crippen LogP contribution is 2.29. The maximum absolute atomic E-state index is 12.4. The quantitative estimate of drug-likeness (QED) is 0.558. The lowest BCUT2D eigenvalue weighted by Gasteiger charge is -2.36. The van der Waals surface area contributed by atoms with Crippen LogP contribution in [0.3, 0.4) is 0 Å². The minimum Gasteiger partial charge on any atom is -0.435 e. The van der Waals surface area contributed by atoms with Crippen molar-refractivity contribution in [1.82, 2.24) is 25.1 Å². The molecule has 1 N–H and O–H groups in total. The van der Waals surface area contributed by atoms with Crippen molar-refractivity contribution in [3.05, 3.63) is 36.2 Å². The van der Waals surface area contributed by atoms with Crippen molar-refractivity contribution >= 4 is 28.1 Å². The van der Waals surface area contributed by atoms with Gasteiger partial charge in [-0.25, -0.2) is 0 Å². The molecule has 172 valence electrons. The highest BCUT2D eigenvalue weighted by Gasteiger charge is 2.36. The van der Waals surface area contributed by atoms with E-state index in [-0.39, 0.29) is 17.3 Å². The molecule has 0 unspecified atom stereocenters. The van der Waals surface area contributed by atoms with Gasteiger partial charge in [-0.15, -0.1) is 0 Å². The summed E-state index contributed by atoms with van der Waals surface area (Å²) in [6.07, 6.45) is 3.51. The van der Waals surface area contributed by atoms with Gasteiger partial charge in [0.1, 0.15) is 17.0 Å². The maximum atomic E-state index is 12.4. The Morgan fingerprint density at radius 3 is 2.53 bits per heavy atom. The number of nitrogens with one attached hydrogen (secondary N) is 1. The predicted molar refractivity (Wildman–Crippen MR) is 119 cm³/mol. The van der Waals surface area contributed by atoms with Crippen LogP contribution in [-0.2, 0) is 10.8 Å². The van der Waals surface area contributed by atoms with E-state index >= 15 is 0 Å². The molecule has 8 nitrogen and oxygen atoms in total. The van der Waals surface area contributed by atoms with Gasteiger partial charge < -0.3 is 10.1 Å². The van der Waals surface area contributed by atoms with E-state index in [1.165, 1.54) is 24.5 Å². The molecule has 1 aliphatic rings. The third-order valence-corrected chi connectivity index (χ3v) is 6.87. The number of rotatable bonds is 6. The Morgan fingerprint density at radius 1 is 1.28 bits per heavy atom. The number of hydrogen-bond donors (Lipinski definition) is 1. The molecule has 32 heavy (non-hydrogen) atoms. The fourth-order valence-electron chi connectivity index (χ4n) is 3.19. The normalized spacial score (nSPS) is 20.1. The summed E-state index contributed by atoms with van der Waals surface area (Å²) in [5.41, 5.74) is 2.63. The number of alkyl halides is 2. The number of aldehydes is 1. The van der Waals surface area contributed by atoms with Gasteiger partial charge in [0.15, 0.2) is 6.29 Å². The topological polar surface area (TPSA) is 99.0 Å². The maximum Gasteiger partial charge on any atom is 0.387 e. The van der Waals surface area contributed by atoms with Crippen LogP contribution < -0.4 is 10.1 Å². The van der Waals surface area contributed by atoms with Gasteiger partial charge in [-0.05, 0) is 40.0 Å². The number of nitrogens with zero attached hydrogens (tertiary/aromatic N) is 4. The highest BCUT2D eigenvalue weighted by molar-refractivity contribution is 7.86. The molecule has 0 bridgehead atoms. The molecule has 0 aromatic carbocycles. The second-order valence-corrected chi connectivity index (χ2v) is 9.39. The van der Waals surface area contributed by atoms with Gasteiger partial charge in [0.2, 0.25) is 0 Å². The number of halogens is 2. The van der Waals surface area contributed by atoms with Crippen molar-refractivity contribution in [1.29, 1.82) is 0 Å². The fourth-order valence-corrected chi connectivity index (χ4v) is 4.82. The van der Waals surface area contributed by atoms with Gasteiger partial charge in [0, 0.05) is 57.9 Å². The molecule has 0 aliphatic carbocycles. The summed E-state index contributed by atoms with van der Waals surface area (Å²) in [7, 11) is 1.39. The summed E-state index contributed by atoms with van der Waals surface area (Å²) in [6.45, 7) is 3.05. The molecule has 0 amide bonds. The Kier molecular flexibility index (Phi) is 7.29. The zero-order valence-electron chi connectivity index (χ0n) is 18.2. The molecule has 0 radical (unpaired) electrons. The molecule has 1 saturated heterocycles. The van der Waals surface area contributed by atoms with E-state index in [1.54, 1.807) is 10.7 Å². The highest BCUT2D eigenvalue weighted by atomic mass is 32.2. The van der Waals surface area contributed by atoms with Crippen molar-refractivity contribution in [2.75, 3.05) is 18.6 Å². The monoisotopic (exact) mass is 465 g/mol. The Bertz CT molecular complexity index is 1130. The average molecular weight is 466 g/mol. The van der Waals surface area contributed by atoms with E-state index in [4.69, 9.17) is 0 Å². The third-order valence-electron chi connectivity index (χ3n) is 4.95. The molecule has 4 heterocycles. The van der Waals surface area contributed by atoms with Gasteiger partial charge in [-0.2, -0.15) is 13.9 Å². The Balaban J connectivity index is 0.000000305. The Hall–Kier alpha value is -2.79. The van der Waals surface area contributed by atoms with Crippen molar-refractivity contribution in [3.63, 3.8) is 0 Å². The van der Waals surface area contributed by atoms with Crippen LogP contribution in [0.25, 0.3) is 22.4 Å². The van der Waals surface area contributed by atoms with E-state index in [0.29, 0.717) is 34.3 Å². The summed E-state index contributed by atoms with van der Waals surface area (Å²) >= 11 is 0. The van der Waals surface area contributed by atoms with Crippen molar-refractivity contribution in [2.45, 2.75) is 39.0 Å².